The largest absolute Gasteiger partial charge is 0.418 e. The van der Waals surface area contributed by atoms with Gasteiger partial charge in [0, 0.05) is 31.0 Å². The van der Waals surface area contributed by atoms with Crippen LogP contribution in [0.25, 0.3) is 0 Å². The molecule has 0 spiro atoms. The van der Waals surface area contributed by atoms with E-state index in [4.69, 9.17) is 5.11 Å². The van der Waals surface area contributed by atoms with E-state index in [2.05, 4.69) is 5.32 Å². The van der Waals surface area contributed by atoms with Gasteiger partial charge in [-0.2, -0.15) is 13.2 Å². The lowest BCUT2D eigenvalue weighted by Gasteiger charge is -2.42. The van der Waals surface area contributed by atoms with E-state index in [1.54, 1.807) is 0 Å². The lowest BCUT2D eigenvalue weighted by Crippen LogP contribution is -2.37. The number of anilines is 1. The van der Waals surface area contributed by atoms with Crippen LogP contribution >= 0.6 is 0 Å². The Labute approximate surface area is 125 Å². The van der Waals surface area contributed by atoms with Crippen molar-refractivity contribution in [2.45, 2.75) is 31.9 Å². The lowest BCUT2D eigenvalue weighted by atomic mass is 9.66. The third-order valence-corrected chi connectivity index (χ3v) is 4.23. The third kappa shape index (κ3) is 3.49. The molecule has 0 saturated heterocycles. The number of aliphatic hydroxyl groups excluding tert-OH is 1. The zero-order valence-corrected chi connectivity index (χ0v) is 11.8. The fraction of sp³-hybridized carbons (Fsp3) is 0.571. The SMILES string of the molecule is O=[N+]([O-])c1ccc(NCC2(CCO)CCC2)c(C(F)(F)F)c1. The van der Waals surface area contributed by atoms with Crippen LogP contribution in [-0.2, 0) is 6.18 Å². The summed E-state index contributed by atoms with van der Waals surface area (Å²) >= 11 is 0. The molecule has 0 aromatic heterocycles. The Bertz CT molecular complexity index is 557. The molecule has 5 nitrogen and oxygen atoms in total. The zero-order valence-electron chi connectivity index (χ0n) is 11.8. The normalized spacial score (nSPS) is 16.9. The first-order valence-corrected chi connectivity index (χ1v) is 6.98. The summed E-state index contributed by atoms with van der Waals surface area (Å²) in [6.45, 7) is 0.308. The summed E-state index contributed by atoms with van der Waals surface area (Å²) < 4.78 is 39.2. The summed E-state index contributed by atoms with van der Waals surface area (Å²) in [7, 11) is 0. The quantitative estimate of drug-likeness (QED) is 0.621. The van der Waals surface area contributed by atoms with Gasteiger partial charge in [0.2, 0.25) is 0 Å². The van der Waals surface area contributed by atoms with E-state index in [1.165, 1.54) is 0 Å². The molecule has 1 aromatic rings. The minimum Gasteiger partial charge on any atom is -0.396 e. The summed E-state index contributed by atoms with van der Waals surface area (Å²) in [6, 6.07) is 2.69. The Morgan fingerprint density at radius 3 is 2.50 bits per heavy atom. The average Bonchev–Trinajstić information content (AvgIpc) is 2.40. The maximum Gasteiger partial charge on any atom is 0.418 e. The predicted molar refractivity (Wildman–Crippen MR) is 74.6 cm³/mol. The van der Waals surface area contributed by atoms with Crippen molar-refractivity contribution in [3.8, 4) is 0 Å². The van der Waals surface area contributed by atoms with Crippen LogP contribution in [-0.4, -0.2) is 23.2 Å². The monoisotopic (exact) mass is 318 g/mol. The number of nitrogens with one attached hydrogen (secondary N) is 1. The molecule has 22 heavy (non-hydrogen) atoms. The highest BCUT2D eigenvalue weighted by atomic mass is 19.4. The van der Waals surface area contributed by atoms with Crippen LogP contribution in [0.5, 0.6) is 0 Å². The molecular weight excluding hydrogens is 301 g/mol. The minimum absolute atomic E-state index is 0.00588. The van der Waals surface area contributed by atoms with Crippen LogP contribution in [0.3, 0.4) is 0 Å². The van der Waals surface area contributed by atoms with Crippen molar-refractivity contribution in [1.82, 2.24) is 0 Å². The number of nitro benzene ring substituents is 1. The van der Waals surface area contributed by atoms with Crippen molar-refractivity contribution in [2.24, 2.45) is 5.41 Å². The maximum atomic E-state index is 13.1. The molecule has 0 atom stereocenters. The molecule has 1 aliphatic carbocycles. The van der Waals surface area contributed by atoms with Crippen molar-refractivity contribution in [2.75, 3.05) is 18.5 Å². The van der Waals surface area contributed by atoms with Crippen LogP contribution < -0.4 is 5.32 Å². The first kappa shape index (κ1) is 16.5. The molecule has 0 unspecified atom stereocenters. The summed E-state index contributed by atoms with van der Waals surface area (Å²) in [4.78, 5) is 9.79. The molecule has 1 fully saturated rings. The Kier molecular flexibility index (Phi) is 4.60. The van der Waals surface area contributed by atoms with Crippen molar-refractivity contribution in [3.05, 3.63) is 33.9 Å². The fourth-order valence-electron chi connectivity index (χ4n) is 2.75. The fourth-order valence-corrected chi connectivity index (χ4v) is 2.75. The second-order valence-corrected chi connectivity index (χ2v) is 5.67. The van der Waals surface area contributed by atoms with Crippen molar-refractivity contribution >= 4 is 11.4 Å². The second kappa shape index (κ2) is 6.12. The smallest absolute Gasteiger partial charge is 0.396 e. The van der Waals surface area contributed by atoms with E-state index in [0.29, 0.717) is 19.0 Å². The van der Waals surface area contributed by atoms with E-state index in [9.17, 15) is 23.3 Å². The maximum absolute atomic E-state index is 13.1. The number of halogens is 3. The van der Waals surface area contributed by atoms with Crippen LogP contribution in [0, 0.1) is 15.5 Å². The van der Waals surface area contributed by atoms with Crippen LogP contribution in [0.1, 0.15) is 31.2 Å². The number of hydrogen-bond acceptors (Lipinski definition) is 4. The molecule has 0 aliphatic heterocycles. The number of non-ortho nitro benzene ring substituents is 1. The third-order valence-electron chi connectivity index (χ3n) is 4.23. The van der Waals surface area contributed by atoms with E-state index < -0.39 is 22.4 Å². The number of benzene rings is 1. The molecule has 1 aromatic carbocycles. The lowest BCUT2D eigenvalue weighted by molar-refractivity contribution is -0.385. The summed E-state index contributed by atoms with van der Waals surface area (Å²) in [5.74, 6) is 0. The number of nitro groups is 1. The highest BCUT2D eigenvalue weighted by Gasteiger charge is 2.38. The molecule has 1 aliphatic rings. The molecule has 2 N–H and O–H groups in total. The summed E-state index contributed by atoms with van der Waals surface area (Å²) in [5.41, 5.74) is -1.98. The molecule has 0 radical (unpaired) electrons. The van der Waals surface area contributed by atoms with Crippen LogP contribution in [0.2, 0.25) is 0 Å². The van der Waals surface area contributed by atoms with E-state index in [1.807, 2.05) is 0 Å². The Morgan fingerprint density at radius 1 is 1.36 bits per heavy atom. The van der Waals surface area contributed by atoms with Gasteiger partial charge in [0.15, 0.2) is 0 Å². The highest BCUT2D eigenvalue weighted by Crippen LogP contribution is 2.44. The topological polar surface area (TPSA) is 75.4 Å². The molecule has 0 amide bonds. The Morgan fingerprint density at radius 2 is 2.05 bits per heavy atom. The number of aliphatic hydroxyl groups is 1. The average molecular weight is 318 g/mol. The van der Waals surface area contributed by atoms with E-state index >= 15 is 0 Å². The van der Waals surface area contributed by atoms with Crippen molar-refractivity contribution < 1.29 is 23.2 Å². The summed E-state index contributed by atoms with van der Waals surface area (Å²) in [5, 5.41) is 22.5. The number of alkyl halides is 3. The predicted octanol–water partition coefficient (Wildman–Crippen LogP) is 3.58. The van der Waals surface area contributed by atoms with Gasteiger partial charge in [-0.05, 0) is 30.7 Å². The molecule has 2 rings (SSSR count). The minimum atomic E-state index is -4.67. The van der Waals surface area contributed by atoms with E-state index in [-0.39, 0.29) is 17.7 Å². The first-order valence-electron chi connectivity index (χ1n) is 6.98. The molecule has 0 heterocycles. The van der Waals surface area contributed by atoms with Crippen LogP contribution in [0.15, 0.2) is 18.2 Å². The van der Waals surface area contributed by atoms with Gasteiger partial charge in [-0.1, -0.05) is 6.42 Å². The van der Waals surface area contributed by atoms with Gasteiger partial charge in [0.25, 0.3) is 5.69 Å². The van der Waals surface area contributed by atoms with Gasteiger partial charge in [0.05, 0.1) is 10.5 Å². The zero-order chi connectivity index (χ0) is 16.4. The standard InChI is InChI=1S/C14H17F3N2O3/c15-14(16,17)11-8-10(19(21)22)2-3-12(11)18-9-13(6-7-20)4-1-5-13/h2-3,8,18,20H,1,4-7,9H2. The molecule has 0 bridgehead atoms. The number of hydrogen-bond donors (Lipinski definition) is 2. The Balaban J connectivity index is 2.21. The van der Waals surface area contributed by atoms with E-state index in [0.717, 1.165) is 31.4 Å². The molecular formula is C14H17F3N2O3. The van der Waals surface area contributed by atoms with Gasteiger partial charge in [-0.25, -0.2) is 0 Å². The van der Waals surface area contributed by atoms with Crippen molar-refractivity contribution in [1.29, 1.82) is 0 Å². The molecule has 1 saturated carbocycles. The Hall–Kier alpha value is -1.83. The molecule has 122 valence electrons. The van der Waals surface area contributed by atoms with Gasteiger partial charge in [-0.15, -0.1) is 0 Å². The van der Waals surface area contributed by atoms with Gasteiger partial charge in [-0.3, -0.25) is 10.1 Å². The number of nitrogens with zero attached hydrogens (tertiary/aromatic N) is 1. The number of rotatable bonds is 6. The van der Waals surface area contributed by atoms with Crippen LogP contribution in [0.4, 0.5) is 24.5 Å². The van der Waals surface area contributed by atoms with Gasteiger partial charge < -0.3 is 10.4 Å². The highest BCUT2D eigenvalue weighted by molar-refractivity contribution is 5.57. The van der Waals surface area contributed by atoms with Gasteiger partial charge >= 0.3 is 6.18 Å². The summed E-state index contributed by atoms with van der Waals surface area (Å²) in [6.07, 6.45) is -1.43. The first-order chi connectivity index (χ1) is 10.3. The second-order valence-electron chi connectivity index (χ2n) is 5.67. The van der Waals surface area contributed by atoms with Gasteiger partial charge in [0.1, 0.15) is 0 Å². The van der Waals surface area contributed by atoms with Crippen molar-refractivity contribution in [3.63, 3.8) is 0 Å². The molecule has 8 heteroatoms.